The van der Waals surface area contributed by atoms with Gasteiger partial charge in [0, 0.05) is 31.9 Å². The molecule has 3 fully saturated rings. The highest BCUT2D eigenvalue weighted by Gasteiger charge is 2.49. The molecule has 1 aromatic heterocycles. The highest BCUT2D eigenvalue weighted by molar-refractivity contribution is 5.85. The van der Waals surface area contributed by atoms with Crippen LogP contribution in [-0.4, -0.2) is 41.5 Å². The predicted octanol–water partition coefficient (Wildman–Crippen LogP) is 3.72. The Morgan fingerprint density at radius 3 is 2.52 bits per heavy atom. The molecule has 5 heteroatoms. The maximum atomic E-state index is 13.3. The topological polar surface area (TPSA) is 60.2 Å². The first-order valence-electron chi connectivity index (χ1n) is 10.6. The van der Waals surface area contributed by atoms with Gasteiger partial charge in [-0.25, -0.2) is 4.98 Å². The van der Waals surface area contributed by atoms with Gasteiger partial charge in [0.15, 0.2) is 0 Å². The monoisotopic (exact) mass is 386 g/mol. The molecule has 0 unspecified atom stereocenters. The number of nitrogens with zero attached hydrogens (tertiary/aromatic N) is 4. The van der Waals surface area contributed by atoms with Crippen LogP contribution in [0, 0.1) is 16.7 Å². The standard InChI is InChI=1S/C24H26N4O/c25-16-19-7-4-12-26-22(19)27-13-10-24(11-14-27)15-21(18-5-2-1-3-6-18)23(29)28(17-24)20-8-9-20/h1-7,12,20-21H,8-11,13-15,17H2/t21-/m1/s1. The summed E-state index contributed by atoms with van der Waals surface area (Å²) in [7, 11) is 0. The van der Waals surface area contributed by atoms with Gasteiger partial charge in [-0.2, -0.15) is 5.26 Å². The summed E-state index contributed by atoms with van der Waals surface area (Å²) in [6.07, 6.45) is 7.06. The number of carbonyl (C=O) groups excluding carboxylic acids is 1. The van der Waals surface area contributed by atoms with Crippen molar-refractivity contribution in [2.24, 2.45) is 5.41 Å². The van der Waals surface area contributed by atoms with Crippen molar-refractivity contribution in [1.29, 1.82) is 5.26 Å². The number of pyridine rings is 1. The zero-order valence-electron chi connectivity index (χ0n) is 16.6. The zero-order chi connectivity index (χ0) is 19.8. The van der Waals surface area contributed by atoms with Crippen molar-refractivity contribution in [3.05, 3.63) is 59.8 Å². The summed E-state index contributed by atoms with van der Waals surface area (Å²) in [4.78, 5) is 22.2. The summed E-state index contributed by atoms with van der Waals surface area (Å²) in [6, 6.07) is 16.7. The second-order valence-electron chi connectivity index (χ2n) is 8.84. The van der Waals surface area contributed by atoms with E-state index in [9.17, 15) is 10.1 Å². The van der Waals surface area contributed by atoms with Crippen molar-refractivity contribution in [2.75, 3.05) is 24.5 Å². The maximum absolute atomic E-state index is 13.3. The smallest absolute Gasteiger partial charge is 0.230 e. The van der Waals surface area contributed by atoms with Gasteiger partial charge in [-0.05, 0) is 55.2 Å². The Morgan fingerprint density at radius 2 is 1.83 bits per heavy atom. The molecule has 148 valence electrons. The lowest BCUT2D eigenvalue weighted by molar-refractivity contribution is -0.141. The van der Waals surface area contributed by atoms with Crippen LogP contribution in [0.4, 0.5) is 5.82 Å². The number of nitriles is 1. The van der Waals surface area contributed by atoms with Crippen LogP contribution in [0.15, 0.2) is 48.7 Å². The average molecular weight is 386 g/mol. The van der Waals surface area contributed by atoms with Crippen LogP contribution in [0.25, 0.3) is 0 Å². The SMILES string of the molecule is N#Cc1cccnc1N1CCC2(CC1)C[C@H](c1ccccc1)C(=O)N(C1CC1)C2. The number of aromatic nitrogens is 1. The summed E-state index contributed by atoms with van der Waals surface area (Å²) < 4.78 is 0. The molecule has 5 nitrogen and oxygen atoms in total. The Bertz CT molecular complexity index is 939. The van der Waals surface area contributed by atoms with Crippen molar-refractivity contribution >= 4 is 11.7 Å². The second kappa shape index (κ2) is 7.18. The molecule has 0 bridgehead atoms. The van der Waals surface area contributed by atoms with Crippen LogP contribution in [0.5, 0.6) is 0 Å². The van der Waals surface area contributed by atoms with Crippen LogP contribution < -0.4 is 4.90 Å². The minimum Gasteiger partial charge on any atom is -0.355 e. The van der Waals surface area contributed by atoms with Crippen LogP contribution in [0.3, 0.4) is 0 Å². The zero-order valence-corrected chi connectivity index (χ0v) is 16.6. The molecule has 2 saturated heterocycles. The summed E-state index contributed by atoms with van der Waals surface area (Å²) in [5, 5.41) is 9.42. The number of likely N-dealkylation sites (tertiary alicyclic amines) is 1. The van der Waals surface area contributed by atoms with E-state index < -0.39 is 0 Å². The summed E-state index contributed by atoms with van der Waals surface area (Å²) in [5.41, 5.74) is 1.96. The first kappa shape index (κ1) is 18.2. The molecule has 0 radical (unpaired) electrons. The van der Waals surface area contributed by atoms with Gasteiger partial charge in [0.1, 0.15) is 11.9 Å². The van der Waals surface area contributed by atoms with E-state index in [-0.39, 0.29) is 11.3 Å². The largest absolute Gasteiger partial charge is 0.355 e. The number of piperidine rings is 2. The van der Waals surface area contributed by atoms with E-state index in [4.69, 9.17) is 0 Å². The molecule has 29 heavy (non-hydrogen) atoms. The fourth-order valence-electron chi connectivity index (χ4n) is 5.16. The highest BCUT2D eigenvalue weighted by atomic mass is 16.2. The Morgan fingerprint density at radius 1 is 1.07 bits per heavy atom. The van der Waals surface area contributed by atoms with Gasteiger partial charge in [0.25, 0.3) is 0 Å². The van der Waals surface area contributed by atoms with Crippen molar-refractivity contribution in [3.63, 3.8) is 0 Å². The number of anilines is 1. The van der Waals surface area contributed by atoms with Gasteiger partial charge in [-0.15, -0.1) is 0 Å². The van der Waals surface area contributed by atoms with E-state index in [0.29, 0.717) is 17.5 Å². The van der Waals surface area contributed by atoms with E-state index in [0.717, 1.165) is 63.1 Å². The molecule has 5 rings (SSSR count). The van der Waals surface area contributed by atoms with E-state index in [1.54, 1.807) is 6.20 Å². The van der Waals surface area contributed by atoms with Gasteiger partial charge in [-0.3, -0.25) is 4.79 Å². The van der Waals surface area contributed by atoms with E-state index >= 15 is 0 Å². The molecule has 0 N–H and O–H groups in total. The third kappa shape index (κ3) is 3.37. The van der Waals surface area contributed by atoms with Crippen LogP contribution in [0.1, 0.15) is 49.1 Å². The molecular formula is C24H26N4O. The maximum Gasteiger partial charge on any atom is 0.230 e. The minimum absolute atomic E-state index is 0.0263. The molecule has 1 aromatic carbocycles. The van der Waals surface area contributed by atoms with Crippen molar-refractivity contribution in [1.82, 2.24) is 9.88 Å². The Labute approximate surface area is 172 Å². The van der Waals surface area contributed by atoms with Gasteiger partial charge < -0.3 is 9.80 Å². The summed E-state index contributed by atoms with van der Waals surface area (Å²) >= 11 is 0. The molecule has 1 amide bonds. The predicted molar refractivity (Wildman–Crippen MR) is 111 cm³/mol. The number of hydrogen-bond donors (Lipinski definition) is 0. The van der Waals surface area contributed by atoms with Gasteiger partial charge in [0.2, 0.25) is 5.91 Å². The number of amides is 1. The summed E-state index contributed by atoms with van der Waals surface area (Å²) in [5.74, 6) is 1.10. The Hall–Kier alpha value is -2.87. The van der Waals surface area contributed by atoms with Crippen molar-refractivity contribution < 1.29 is 4.79 Å². The van der Waals surface area contributed by atoms with Crippen LogP contribution in [-0.2, 0) is 4.79 Å². The molecule has 3 heterocycles. The number of benzene rings is 1. The van der Waals surface area contributed by atoms with E-state index in [1.807, 2.05) is 30.3 Å². The molecule has 1 atom stereocenters. The highest BCUT2D eigenvalue weighted by Crippen LogP contribution is 2.48. The van der Waals surface area contributed by atoms with E-state index in [1.165, 1.54) is 0 Å². The molecule has 2 aliphatic heterocycles. The molecule has 1 aliphatic carbocycles. The number of hydrogen-bond acceptors (Lipinski definition) is 4. The normalized spacial score (nSPS) is 23.8. The van der Waals surface area contributed by atoms with Crippen molar-refractivity contribution in [2.45, 2.75) is 44.1 Å². The van der Waals surface area contributed by atoms with Crippen molar-refractivity contribution in [3.8, 4) is 6.07 Å². The molecule has 3 aliphatic rings. The lowest BCUT2D eigenvalue weighted by atomic mass is 9.67. The molecular weight excluding hydrogens is 360 g/mol. The van der Waals surface area contributed by atoms with Gasteiger partial charge in [-0.1, -0.05) is 30.3 Å². The van der Waals surface area contributed by atoms with E-state index in [2.05, 4.69) is 33.0 Å². The lowest BCUT2D eigenvalue weighted by Gasteiger charge is -2.50. The average Bonchev–Trinajstić information content (AvgIpc) is 3.62. The molecule has 2 aromatic rings. The molecule has 1 spiro atoms. The second-order valence-corrected chi connectivity index (χ2v) is 8.84. The quantitative estimate of drug-likeness (QED) is 0.807. The van der Waals surface area contributed by atoms with Crippen LogP contribution >= 0.6 is 0 Å². The third-order valence-corrected chi connectivity index (χ3v) is 6.94. The first-order chi connectivity index (χ1) is 14.2. The molecule has 1 saturated carbocycles. The minimum atomic E-state index is -0.0263. The lowest BCUT2D eigenvalue weighted by Crippen LogP contribution is -2.54. The first-order valence-corrected chi connectivity index (χ1v) is 10.6. The fourth-order valence-corrected chi connectivity index (χ4v) is 5.16. The fraction of sp³-hybridized carbons (Fsp3) is 0.458. The Kier molecular flexibility index (Phi) is 4.50. The third-order valence-electron chi connectivity index (χ3n) is 6.94. The van der Waals surface area contributed by atoms with Gasteiger partial charge >= 0.3 is 0 Å². The van der Waals surface area contributed by atoms with Gasteiger partial charge in [0.05, 0.1) is 11.5 Å². The summed E-state index contributed by atoms with van der Waals surface area (Å²) in [6.45, 7) is 2.67. The van der Waals surface area contributed by atoms with Crippen LogP contribution in [0.2, 0.25) is 0 Å². The number of carbonyl (C=O) groups is 1. The Balaban J connectivity index is 1.39. The number of rotatable bonds is 3.